The molecule has 3 heterocycles. The highest BCUT2D eigenvalue weighted by Gasteiger charge is 2.26. The molecule has 3 rings (SSSR count). The number of nitrogens with zero attached hydrogens (tertiary/aromatic N) is 3. The molecular weight excluding hydrogens is 200 g/mol. The first kappa shape index (κ1) is 10.3. The van der Waals surface area contributed by atoms with Crippen LogP contribution in [0.15, 0.2) is 12.4 Å². The Bertz CT molecular complexity index is 360. The Hall–Kier alpha value is -0.870. The van der Waals surface area contributed by atoms with E-state index in [9.17, 15) is 0 Å². The molecule has 0 aromatic carbocycles. The molecule has 0 spiro atoms. The summed E-state index contributed by atoms with van der Waals surface area (Å²) < 4.78 is 2.27. The van der Waals surface area contributed by atoms with Gasteiger partial charge in [0.05, 0.1) is 6.54 Å². The molecule has 4 heteroatoms. The van der Waals surface area contributed by atoms with Crippen LogP contribution in [0.3, 0.4) is 0 Å². The molecular formula is C12H20N4. The summed E-state index contributed by atoms with van der Waals surface area (Å²) in [4.78, 5) is 6.96. The van der Waals surface area contributed by atoms with Gasteiger partial charge in [-0.1, -0.05) is 6.92 Å². The molecule has 2 atom stereocenters. The lowest BCUT2D eigenvalue weighted by Gasteiger charge is -2.30. The summed E-state index contributed by atoms with van der Waals surface area (Å²) in [6.45, 7) is 9.25. The third-order valence-corrected chi connectivity index (χ3v) is 3.99. The van der Waals surface area contributed by atoms with E-state index in [1.54, 1.807) is 0 Å². The number of aromatic nitrogens is 2. The van der Waals surface area contributed by atoms with E-state index in [4.69, 9.17) is 0 Å². The maximum atomic E-state index is 4.41. The summed E-state index contributed by atoms with van der Waals surface area (Å²) in [6, 6.07) is 0. The molecule has 0 amide bonds. The molecule has 1 saturated heterocycles. The minimum Gasteiger partial charge on any atom is -0.333 e. The predicted molar refractivity (Wildman–Crippen MR) is 63.0 cm³/mol. The molecule has 4 nitrogen and oxygen atoms in total. The van der Waals surface area contributed by atoms with Gasteiger partial charge in [0.15, 0.2) is 0 Å². The average Bonchev–Trinajstić information content (AvgIpc) is 2.88. The zero-order valence-corrected chi connectivity index (χ0v) is 9.89. The maximum Gasteiger partial charge on any atom is 0.122 e. The van der Waals surface area contributed by atoms with Gasteiger partial charge in [0.2, 0.25) is 0 Å². The van der Waals surface area contributed by atoms with Crippen LogP contribution < -0.4 is 5.32 Å². The van der Waals surface area contributed by atoms with Gasteiger partial charge in [-0.25, -0.2) is 4.98 Å². The molecule has 0 aliphatic carbocycles. The highest BCUT2D eigenvalue weighted by molar-refractivity contribution is 4.96. The van der Waals surface area contributed by atoms with Gasteiger partial charge in [-0.15, -0.1) is 0 Å². The fraction of sp³-hybridized carbons (Fsp3) is 0.750. The topological polar surface area (TPSA) is 33.1 Å². The first-order chi connectivity index (χ1) is 7.83. The summed E-state index contributed by atoms with van der Waals surface area (Å²) >= 11 is 0. The standard InChI is InChI=1S/C12H20N4/c1-10-6-13-7-11(10)8-15-4-5-16-3-2-14-12(16)9-15/h2-3,10-11,13H,4-9H2,1H3. The van der Waals surface area contributed by atoms with Crippen molar-refractivity contribution < 1.29 is 0 Å². The quantitative estimate of drug-likeness (QED) is 0.790. The number of hydrogen-bond donors (Lipinski definition) is 1. The maximum absolute atomic E-state index is 4.41. The number of imidazole rings is 1. The molecule has 0 radical (unpaired) electrons. The highest BCUT2D eigenvalue weighted by atomic mass is 15.2. The Morgan fingerprint density at radius 2 is 2.38 bits per heavy atom. The lowest BCUT2D eigenvalue weighted by Crippen LogP contribution is -2.38. The molecule has 2 aliphatic heterocycles. The number of fused-ring (bicyclic) bond motifs is 1. The third kappa shape index (κ3) is 1.87. The van der Waals surface area contributed by atoms with Gasteiger partial charge in [0.1, 0.15) is 5.82 Å². The van der Waals surface area contributed by atoms with Crippen molar-refractivity contribution in [3.63, 3.8) is 0 Å². The van der Waals surface area contributed by atoms with Crippen LogP contribution in [0.1, 0.15) is 12.7 Å². The van der Waals surface area contributed by atoms with E-state index in [2.05, 4.69) is 32.9 Å². The Kier molecular flexibility index (Phi) is 2.69. The second-order valence-corrected chi connectivity index (χ2v) is 5.17. The first-order valence-corrected chi connectivity index (χ1v) is 6.26. The summed E-state index contributed by atoms with van der Waals surface area (Å²) in [5, 5.41) is 3.48. The number of nitrogens with one attached hydrogen (secondary N) is 1. The summed E-state index contributed by atoms with van der Waals surface area (Å²) in [5.41, 5.74) is 0. The first-order valence-electron chi connectivity index (χ1n) is 6.26. The molecule has 1 aromatic rings. The zero-order chi connectivity index (χ0) is 11.0. The van der Waals surface area contributed by atoms with Crippen molar-refractivity contribution >= 4 is 0 Å². The molecule has 2 aliphatic rings. The van der Waals surface area contributed by atoms with Gasteiger partial charge >= 0.3 is 0 Å². The van der Waals surface area contributed by atoms with E-state index in [-0.39, 0.29) is 0 Å². The van der Waals surface area contributed by atoms with Crippen molar-refractivity contribution in [1.82, 2.24) is 19.8 Å². The van der Waals surface area contributed by atoms with E-state index >= 15 is 0 Å². The van der Waals surface area contributed by atoms with E-state index in [0.29, 0.717) is 0 Å². The molecule has 0 saturated carbocycles. The van der Waals surface area contributed by atoms with E-state index < -0.39 is 0 Å². The van der Waals surface area contributed by atoms with Crippen LogP contribution >= 0.6 is 0 Å². The minimum atomic E-state index is 0.821. The molecule has 1 aromatic heterocycles. The Labute approximate surface area is 96.7 Å². The molecule has 1 N–H and O–H groups in total. The fourth-order valence-corrected chi connectivity index (χ4v) is 2.82. The van der Waals surface area contributed by atoms with Gasteiger partial charge in [-0.2, -0.15) is 0 Å². The van der Waals surface area contributed by atoms with Crippen LogP contribution in [0.25, 0.3) is 0 Å². The summed E-state index contributed by atoms with van der Waals surface area (Å²) in [6.07, 6.45) is 4.00. The van der Waals surface area contributed by atoms with Crippen molar-refractivity contribution in [2.75, 3.05) is 26.2 Å². The summed E-state index contributed by atoms with van der Waals surface area (Å²) in [7, 11) is 0. The van der Waals surface area contributed by atoms with Crippen molar-refractivity contribution in [1.29, 1.82) is 0 Å². The molecule has 1 fully saturated rings. The predicted octanol–water partition coefficient (Wildman–Crippen LogP) is 0.554. The van der Waals surface area contributed by atoms with Gasteiger partial charge in [-0.05, 0) is 24.9 Å². The Morgan fingerprint density at radius 3 is 3.19 bits per heavy atom. The van der Waals surface area contributed by atoms with Gasteiger partial charge in [-0.3, -0.25) is 4.90 Å². The third-order valence-electron chi connectivity index (χ3n) is 3.99. The lowest BCUT2D eigenvalue weighted by atomic mass is 9.97. The van der Waals surface area contributed by atoms with Crippen LogP contribution in [0, 0.1) is 11.8 Å². The van der Waals surface area contributed by atoms with Crippen LogP contribution in [0.2, 0.25) is 0 Å². The normalized spacial score (nSPS) is 30.6. The molecule has 2 unspecified atom stereocenters. The largest absolute Gasteiger partial charge is 0.333 e. The van der Waals surface area contributed by atoms with Crippen molar-refractivity contribution in [3.8, 4) is 0 Å². The van der Waals surface area contributed by atoms with Gasteiger partial charge in [0.25, 0.3) is 0 Å². The molecule has 88 valence electrons. The van der Waals surface area contributed by atoms with E-state index in [1.165, 1.54) is 32.0 Å². The SMILES string of the molecule is CC1CNCC1CN1CCn2ccnc2C1. The molecule has 0 bridgehead atoms. The van der Waals surface area contributed by atoms with Crippen LogP contribution in [0.5, 0.6) is 0 Å². The zero-order valence-electron chi connectivity index (χ0n) is 9.89. The van der Waals surface area contributed by atoms with Crippen molar-refractivity contribution in [2.24, 2.45) is 11.8 Å². The van der Waals surface area contributed by atoms with Crippen LogP contribution in [-0.2, 0) is 13.1 Å². The second-order valence-electron chi connectivity index (χ2n) is 5.17. The fourth-order valence-electron chi connectivity index (χ4n) is 2.82. The smallest absolute Gasteiger partial charge is 0.122 e. The second kappa shape index (κ2) is 4.18. The number of rotatable bonds is 2. The average molecular weight is 220 g/mol. The van der Waals surface area contributed by atoms with Crippen molar-refractivity contribution in [3.05, 3.63) is 18.2 Å². The highest BCUT2D eigenvalue weighted by Crippen LogP contribution is 2.19. The van der Waals surface area contributed by atoms with Gasteiger partial charge in [0, 0.05) is 32.0 Å². The summed E-state index contributed by atoms with van der Waals surface area (Å²) in [5.74, 6) is 2.87. The van der Waals surface area contributed by atoms with Gasteiger partial charge < -0.3 is 9.88 Å². The Balaban J connectivity index is 1.61. The van der Waals surface area contributed by atoms with Crippen molar-refractivity contribution in [2.45, 2.75) is 20.0 Å². The lowest BCUT2D eigenvalue weighted by molar-refractivity contribution is 0.176. The molecule has 16 heavy (non-hydrogen) atoms. The van der Waals surface area contributed by atoms with E-state index in [0.717, 1.165) is 24.9 Å². The van der Waals surface area contributed by atoms with Crippen LogP contribution in [-0.4, -0.2) is 40.6 Å². The minimum absolute atomic E-state index is 0.821. The van der Waals surface area contributed by atoms with Crippen LogP contribution in [0.4, 0.5) is 0 Å². The Morgan fingerprint density at radius 1 is 1.44 bits per heavy atom. The number of hydrogen-bond acceptors (Lipinski definition) is 3. The van der Waals surface area contributed by atoms with E-state index in [1.807, 2.05) is 6.20 Å². The monoisotopic (exact) mass is 220 g/mol.